The van der Waals surface area contributed by atoms with Crippen molar-refractivity contribution in [3.05, 3.63) is 35.4 Å². The topological polar surface area (TPSA) is 48.9 Å². The molecule has 0 fully saturated rings. The van der Waals surface area contributed by atoms with Gasteiger partial charge in [0.25, 0.3) is 0 Å². The van der Waals surface area contributed by atoms with E-state index in [9.17, 15) is 0 Å². The van der Waals surface area contributed by atoms with E-state index in [0.717, 1.165) is 45.3 Å². The highest BCUT2D eigenvalue weighted by atomic mass is 127. The molecular formula is C18H33IN4O. The zero-order valence-electron chi connectivity index (χ0n) is 15.5. The van der Waals surface area contributed by atoms with Crippen molar-refractivity contribution >= 4 is 29.9 Å². The van der Waals surface area contributed by atoms with Crippen molar-refractivity contribution in [1.82, 2.24) is 15.5 Å². The van der Waals surface area contributed by atoms with Gasteiger partial charge in [-0.05, 0) is 31.1 Å². The molecule has 24 heavy (non-hydrogen) atoms. The maximum absolute atomic E-state index is 5.33. The van der Waals surface area contributed by atoms with E-state index in [4.69, 9.17) is 4.74 Å². The number of aliphatic imine (C=N–C) groups is 1. The molecule has 0 saturated carbocycles. The van der Waals surface area contributed by atoms with E-state index in [2.05, 4.69) is 58.6 Å². The maximum atomic E-state index is 5.33. The lowest BCUT2D eigenvalue weighted by Crippen LogP contribution is -2.38. The number of guanidine groups is 1. The molecular weight excluding hydrogens is 415 g/mol. The second-order valence-electron chi connectivity index (χ2n) is 5.28. The van der Waals surface area contributed by atoms with Crippen LogP contribution in [0.15, 0.2) is 29.3 Å². The molecule has 0 unspecified atom stereocenters. The van der Waals surface area contributed by atoms with Crippen LogP contribution in [0.5, 0.6) is 0 Å². The highest BCUT2D eigenvalue weighted by molar-refractivity contribution is 14.0. The van der Waals surface area contributed by atoms with Gasteiger partial charge in [0.2, 0.25) is 0 Å². The lowest BCUT2D eigenvalue weighted by atomic mass is 10.1. The van der Waals surface area contributed by atoms with E-state index in [0.29, 0.717) is 6.61 Å². The number of nitrogens with zero attached hydrogens (tertiary/aromatic N) is 2. The molecule has 1 aromatic rings. The minimum Gasteiger partial charge on any atom is -0.380 e. The van der Waals surface area contributed by atoms with Gasteiger partial charge >= 0.3 is 0 Å². The average molecular weight is 448 g/mol. The lowest BCUT2D eigenvalue weighted by Gasteiger charge is -2.20. The molecule has 0 radical (unpaired) electrons. The van der Waals surface area contributed by atoms with Gasteiger partial charge in [-0.25, -0.2) is 0 Å². The summed E-state index contributed by atoms with van der Waals surface area (Å²) in [5, 5.41) is 6.64. The first-order chi connectivity index (χ1) is 11.2. The van der Waals surface area contributed by atoms with Crippen molar-refractivity contribution in [2.24, 2.45) is 4.99 Å². The Morgan fingerprint density at radius 3 is 2.33 bits per heavy atom. The van der Waals surface area contributed by atoms with Crippen molar-refractivity contribution < 1.29 is 4.74 Å². The van der Waals surface area contributed by atoms with Crippen LogP contribution in [-0.4, -0.2) is 50.8 Å². The summed E-state index contributed by atoms with van der Waals surface area (Å²) in [6.45, 7) is 12.5. The summed E-state index contributed by atoms with van der Waals surface area (Å²) < 4.78 is 5.33. The zero-order valence-corrected chi connectivity index (χ0v) is 17.8. The monoisotopic (exact) mass is 448 g/mol. The largest absolute Gasteiger partial charge is 0.380 e. The number of rotatable bonds is 10. The fourth-order valence-corrected chi connectivity index (χ4v) is 2.36. The number of hydrogen-bond donors (Lipinski definition) is 2. The number of hydrogen-bond acceptors (Lipinski definition) is 3. The van der Waals surface area contributed by atoms with Gasteiger partial charge in [-0.1, -0.05) is 38.1 Å². The van der Waals surface area contributed by atoms with Crippen LogP contribution in [0.3, 0.4) is 0 Å². The number of ether oxygens (including phenoxy) is 1. The molecule has 6 heteroatoms. The second kappa shape index (κ2) is 14.5. The molecule has 0 amide bonds. The standard InChI is InChI=1S/C18H32N4O.HI/c1-5-22(6-2)15-17-11-9-8-10-16(17)14-21-18(19-4)20-12-13-23-7-3;/h8-11H,5-7,12-15H2,1-4H3,(H2,19,20,21);1H. The summed E-state index contributed by atoms with van der Waals surface area (Å²) in [5.74, 6) is 0.808. The van der Waals surface area contributed by atoms with E-state index >= 15 is 0 Å². The summed E-state index contributed by atoms with van der Waals surface area (Å²) in [6.07, 6.45) is 0. The highest BCUT2D eigenvalue weighted by Crippen LogP contribution is 2.11. The fourth-order valence-electron chi connectivity index (χ4n) is 2.36. The SMILES string of the molecule is CCOCCNC(=NC)NCc1ccccc1CN(CC)CC.I. The Morgan fingerprint density at radius 2 is 1.75 bits per heavy atom. The van der Waals surface area contributed by atoms with Gasteiger partial charge in [0.15, 0.2) is 5.96 Å². The molecule has 0 aliphatic carbocycles. The van der Waals surface area contributed by atoms with E-state index in [1.165, 1.54) is 11.1 Å². The third-order valence-electron chi connectivity index (χ3n) is 3.82. The van der Waals surface area contributed by atoms with Gasteiger partial charge in [0.05, 0.1) is 6.61 Å². The smallest absolute Gasteiger partial charge is 0.191 e. The highest BCUT2D eigenvalue weighted by Gasteiger charge is 2.06. The molecule has 138 valence electrons. The number of halogens is 1. The van der Waals surface area contributed by atoms with Crippen LogP contribution >= 0.6 is 24.0 Å². The van der Waals surface area contributed by atoms with E-state index in [-0.39, 0.29) is 24.0 Å². The first kappa shape index (κ1) is 23.1. The van der Waals surface area contributed by atoms with Crippen molar-refractivity contribution in [2.75, 3.05) is 39.9 Å². The fraction of sp³-hybridized carbons (Fsp3) is 0.611. The zero-order chi connectivity index (χ0) is 16.9. The van der Waals surface area contributed by atoms with E-state index in [1.807, 2.05) is 6.92 Å². The molecule has 0 aliphatic heterocycles. The normalized spacial score (nSPS) is 11.3. The van der Waals surface area contributed by atoms with Crippen LogP contribution in [0.25, 0.3) is 0 Å². The molecule has 0 spiro atoms. The van der Waals surface area contributed by atoms with E-state index < -0.39 is 0 Å². The van der Waals surface area contributed by atoms with Crippen molar-refractivity contribution in [3.8, 4) is 0 Å². The van der Waals surface area contributed by atoms with Gasteiger partial charge in [-0.15, -0.1) is 24.0 Å². The predicted molar refractivity (Wildman–Crippen MR) is 113 cm³/mol. The first-order valence-corrected chi connectivity index (χ1v) is 8.56. The number of benzene rings is 1. The van der Waals surface area contributed by atoms with Crippen molar-refractivity contribution in [3.63, 3.8) is 0 Å². The quantitative estimate of drug-likeness (QED) is 0.250. The van der Waals surface area contributed by atoms with Crippen LogP contribution in [0.4, 0.5) is 0 Å². The Labute approximate surface area is 164 Å². The van der Waals surface area contributed by atoms with Crippen molar-refractivity contribution in [1.29, 1.82) is 0 Å². The molecule has 0 heterocycles. The molecule has 1 aromatic carbocycles. The molecule has 0 bridgehead atoms. The minimum atomic E-state index is 0. The van der Waals surface area contributed by atoms with Gasteiger partial charge in [0, 0.05) is 33.3 Å². The van der Waals surface area contributed by atoms with Gasteiger partial charge in [0.1, 0.15) is 0 Å². The van der Waals surface area contributed by atoms with Gasteiger partial charge < -0.3 is 15.4 Å². The lowest BCUT2D eigenvalue weighted by molar-refractivity contribution is 0.152. The predicted octanol–water partition coefficient (Wildman–Crippen LogP) is 2.85. The third-order valence-corrected chi connectivity index (χ3v) is 3.82. The third kappa shape index (κ3) is 8.84. The van der Waals surface area contributed by atoms with Crippen LogP contribution in [0.2, 0.25) is 0 Å². The summed E-state index contributed by atoms with van der Waals surface area (Å²) in [7, 11) is 1.79. The molecule has 1 rings (SSSR count). The maximum Gasteiger partial charge on any atom is 0.191 e. The summed E-state index contributed by atoms with van der Waals surface area (Å²) >= 11 is 0. The minimum absolute atomic E-state index is 0. The molecule has 0 atom stereocenters. The Kier molecular flexibility index (Phi) is 14.0. The molecule has 2 N–H and O–H groups in total. The Hall–Kier alpha value is -0.860. The summed E-state index contributed by atoms with van der Waals surface area (Å²) in [5.41, 5.74) is 2.68. The Morgan fingerprint density at radius 1 is 1.08 bits per heavy atom. The van der Waals surface area contributed by atoms with Crippen molar-refractivity contribution in [2.45, 2.75) is 33.9 Å². The van der Waals surface area contributed by atoms with Crippen LogP contribution in [0.1, 0.15) is 31.9 Å². The Balaban J connectivity index is 0.00000529. The Bertz CT molecular complexity index is 464. The first-order valence-electron chi connectivity index (χ1n) is 8.56. The van der Waals surface area contributed by atoms with E-state index in [1.54, 1.807) is 7.05 Å². The summed E-state index contributed by atoms with van der Waals surface area (Å²) in [4.78, 5) is 6.68. The average Bonchev–Trinajstić information content (AvgIpc) is 2.60. The summed E-state index contributed by atoms with van der Waals surface area (Å²) in [6, 6.07) is 8.59. The van der Waals surface area contributed by atoms with Crippen LogP contribution in [0, 0.1) is 0 Å². The number of nitrogens with one attached hydrogen (secondary N) is 2. The van der Waals surface area contributed by atoms with Crippen LogP contribution < -0.4 is 10.6 Å². The molecule has 0 aliphatic rings. The van der Waals surface area contributed by atoms with Gasteiger partial charge in [-0.3, -0.25) is 9.89 Å². The van der Waals surface area contributed by atoms with Crippen LogP contribution in [-0.2, 0) is 17.8 Å². The second-order valence-corrected chi connectivity index (χ2v) is 5.28. The molecule has 0 saturated heterocycles. The molecule has 0 aromatic heterocycles. The molecule has 5 nitrogen and oxygen atoms in total. The van der Waals surface area contributed by atoms with Gasteiger partial charge in [-0.2, -0.15) is 0 Å².